The highest BCUT2D eigenvalue weighted by Crippen LogP contribution is 2.18. The Kier molecular flexibility index (Phi) is 8.24. The summed E-state index contributed by atoms with van der Waals surface area (Å²) in [5, 5.41) is 4.79. The highest BCUT2D eigenvalue weighted by molar-refractivity contribution is 5.80. The van der Waals surface area contributed by atoms with Crippen LogP contribution in [0.15, 0.2) is 41.5 Å². The lowest BCUT2D eigenvalue weighted by molar-refractivity contribution is -0.0721. The second kappa shape index (κ2) is 11.5. The molecule has 2 fully saturated rings. The molecule has 1 unspecified atom stereocenters. The molecule has 6 nitrogen and oxygen atoms in total. The molecule has 0 radical (unpaired) electrons. The lowest BCUT2D eigenvalue weighted by Gasteiger charge is -2.35. The summed E-state index contributed by atoms with van der Waals surface area (Å²) >= 11 is 0. The van der Waals surface area contributed by atoms with Crippen molar-refractivity contribution in [3.63, 3.8) is 0 Å². The summed E-state index contributed by atoms with van der Waals surface area (Å²) in [6, 6.07) is 10.8. The van der Waals surface area contributed by atoms with Gasteiger partial charge in [0, 0.05) is 51.0 Å². The summed E-state index contributed by atoms with van der Waals surface area (Å²) in [4.78, 5) is 7.31. The van der Waals surface area contributed by atoms with E-state index >= 15 is 0 Å². The molecular weight excluding hydrogens is 388 g/mol. The standard InChI is InChI=1S/C25H38N4O2/c1-2-26-25(27-14-7-15-28-16-11-21-8-3-4-10-24(21)28)29-17-12-22(13-18-29)31-20-23-9-5-6-19-30-23/h3-4,8,10-11,16,22-23H,2,5-7,9,12-15,17-20H2,1H3,(H,26,27). The van der Waals surface area contributed by atoms with Crippen molar-refractivity contribution < 1.29 is 9.47 Å². The van der Waals surface area contributed by atoms with Crippen molar-refractivity contribution in [2.24, 2.45) is 4.99 Å². The zero-order valence-corrected chi connectivity index (χ0v) is 19.0. The molecule has 1 N–H and O–H groups in total. The Balaban J connectivity index is 1.21. The first-order chi connectivity index (χ1) is 15.3. The van der Waals surface area contributed by atoms with Gasteiger partial charge in [-0.25, -0.2) is 0 Å². The average molecular weight is 427 g/mol. The zero-order chi connectivity index (χ0) is 21.3. The number of aromatic nitrogens is 1. The monoisotopic (exact) mass is 426 g/mol. The van der Waals surface area contributed by atoms with Crippen LogP contribution in [0.4, 0.5) is 0 Å². The highest BCUT2D eigenvalue weighted by atomic mass is 16.5. The molecule has 2 saturated heterocycles. The van der Waals surface area contributed by atoms with Gasteiger partial charge < -0.3 is 24.3 Å². The van der Waals surface area contributed by atoms with E-state index in [1.165, 1.54) is 23.7 Å². The smallest absolute Gasteiger partial charge is 0.193 e. The number of hydrogen-bond donors (Lipinski definition) is 1. The van der Waals surface area contributed by atoms with Crippen LogP contribution in [0.5, 0.6) is 0 Å². The van der Waals surface area contributed by atoms with Gasteiger partial charge in [-0.2, -0.15) is 0 Å². The SMILES string of the molecule is CCNC(=NCCCn1ccc2ccccc21)N1CCC(OCC2CCCCO2)CC1. The van der Waals surface area contributed by atoms with Gasteiger partial charge in [-0.1, -0.05) is 18.2 Å². The van der Waals surface area contributed by atoms with Crippen LogP contribution < -0.4 is 5.32 Å². The van der Waals surface area contributed by atoms with Crippen LogP contribution in [-0.2, 0) is 16.0 Å². The number of nitrogens with one attached hydrogen (secondary N) is 1. The maximum absolute atomic E-state index is 6.17. The van der Waals surface area contributed by atoms with Gasteiger partial charge in [0.05, 0.1) is 18.8 Å². The van der Waals surface area contributed by atoms with Gasteiger partial charge >= 0.3 is 0 Å². The first kappa shape index (κ1) is 22.2. The minimum absolute atomic E-state index is 0.308. The number of guanidine groups is 1. The van der Waals surface area contributed by atoms with Crippen molar-refractivity contribution in [2.45, 2.75) is 64.2 Å². The largest absolute Gasteiger partial charge is 0.376 e. The molecule has 31 heavy (non-hydrogen) atoms. The van der Waals surface area contributed by atoms with Crippen LogP contribution >= 0.6 is 0 Å². The number of aryl methyl sites for hydroxylation is 1. The number of rotatable bonds is 8. The van der Waals surface area contributed by atoms with Crippen LogP contribution in [0.2, 0.25) is 0 Å². The van der Waals surface area contributed by atoms with Gasteiger partial charge in [-0.3, -0.25) is 4.99 Å². The molecule has 170 valence electrons. The van der Waals surface area contributed by atoms with Gasteiger partial charge in [0.2, 0.25) is 0 Å². The third-order valence-electron chi connectivity index (χ3n) is 6.37. The van der Waals surface area contributed by atoms with Gasteiger partial charge in [-0.05, 0) is 63.0 Å². The molecule has 0 saturated carbocycles. The van der Waals surface area contributed by atoms with E-state index in [4.69, 9.17) is 14.5 Å². The Labute approximate surface area is 186 Å². The number of para-hydroxylation sites is 1. The fourth-order valence-corrected chi connectivity index (χ4v) is 4.60. The van der Waals surface area contributed by atoms with E-state index in [9.17, 15) is 0 Å². The third kappa shape index (κ3) is 6.23. The molecule has 0 aliphatic carbocycles. The van der Waals surface area contributed by atoms with Gasteiger partial charge in [0.1, 0.15) is 0 Å². The summed E-state index contributed by atoms with van der Waals surface area (Å²) in [5.41, 5.74) is 1.30. The molecule has 0 spiro atoms. The van der Waals surface area contributed by atoms with Gasteiger partial charge in [0.15, 0.2) is 5.96 Å². The molecule has 2 aromatic rings. The number of fused-ring (bicyclic) bond motifs is 1. The van der Waals surface area contributed by atoms with Crippen LogP contribution in [0, 0.1) is 0 Å². The summed E-state index contributed by atoms with van der Waals surface area (Å²) in [5.74, 6) is 1.05. The second-order valence-electron chi connectivity index (χ2n) is 8.67. The minimum Gasteiger partial charge on any atom is -0.376 e. The van der Waals surface area contributed by atoms with E-state index in [0.717, 1.165) is 77.6 Å². The number of ether oxygens (including phenoxy) is 2. The summed E-state index contributed by atoms with van der Waals surface area (Å²) in [7, 11) is 0. The Morgan fingerprint density at radius 2 is 2.03 bits per heavy atom. The van der Waals surface area contributed by atoms with Crippen LogP contribution in [0.25, 0.3) is 10.9 Å². The number of hydrogen-bond acceptors (Lipinski definition) is 3. The zero-order valence-electron chi connectivity index (χ0n) is 19.0. The number of benzene rings is 1. The van der Waals surface area contributed by atoms with E-state index < -0.39 is 0 Å². The molecule has 2 aliphatic rings. The average Bonchev–Trinajstić information content (AvgIpc) is 3.24. The molecular formula is C25H38N4O2. The van der Waals surface area contributed by atoms with Crippen molar-refractivity contribution in [2.75, 3.05) is 39.4 Å². The first-order valence-corrected chi connectivity index (χ1v) is 12.1. The van der Waals surface area contributed by atoms with E-state index in [1.54, 1.807) is 0 Å². The maximum atomic E-state index is 6.17. The number of piperidine rings is 1. The van der Waals surface area contributed by atoms with E-state index in [-0.39, 0.29) is 0 Å². The fourth-order valence-electron chi connectivity index (χ4n) is 4.60. The molecule has 1 aromatic heterocycles. The second-order valence-corrected chi connectivity index (χ2v) is 8.67. The molecule has 0 bridgehead atoms. The Hall–Kier alpha value is -2.05. The van der Waals surface area contributed by atoms with Crippen molar-refractivity contribution in [3.8, 4) is 0 Å². The highest BCUT2D eigenvalue weighted by Gasteiger charge is 2.23. The Morgan fingerprint density at radius 3 is 2.84 bits per heavy atom. The van der Waals surface area contributed by atoms with E-state index in [1.807, 2.05) is 0 Å². The molecule has 1 aromatic carbocycles. The quantitative estimate of drug-likeness (QED) is 0.393. The van der Waals surface area contributed by atoms with Gasteiger partial charge in [-0.15, -0.1) is 0 Å². The third-order valence-corrected chi connectivity index (χ3v) is 6.37. The fraction of sp³-hybridized carbons (Fsp3) is 0.640. The lowest BCUT2D eigenvalue weighted by atomic mass is 10.1. The van der Waals surface area contributed by atoms with Crippen molar-refractivity contribution in [1.29, 1.82) is 0 Å². The lowest BCUT2D eigenvalue weighted by Crippen LogP contribution is -2.47. The topological polar surface area (TPSA) is 51.0 Å². The molecule has 4 rings (SSSR count). The number of aliphatic imine (C=N–C) groups is 1. The summed E-state index contributed by atoms with van der Waals surface area (Å²) in [6.07, 6.45) is 9.62. The number of nitrogens with zero attached hydrogens (tertiary/aromatic N) is 3. The van der Waals surface area contributed by atoms with Crippen molar-refractivity contribution >= 4 is 16.9 Å². The predicted molar refractivity (Wildman–Crippen MR) is 127 cm³/mol. The molecule has 2 aliphatic heterocycles. The predicted octanol–water partition coefficient (Wildman–Crippen LogP) is 4.05. The summed E-state index contributed by atoms with van der Waals surface area (Å²) in [6.45, 7) is 8.54. The molecule has 3 heterocycles. The molecule has 0 amide bonds. The summed E-state index contributed by atoms with van der Waals surface area (Å²) < 4.78 is 14.3. The van der Waals surface area contributed by atoms with Crippen molar-refractivity contribution in [3.05, 3.63) is 36.5 Å². The van der Waals surface area contributed by atoms with E-state index in [2.05, 4.69) is 58.2 Å². The Bertz CT molecular complexity index is 820. The Morgan fingerprint density at radius 1 is 1.16 bits per heavy atom. The molecule has 1 atom stereocenters. The van der Waals surface area contributed by atoms with E-state index in [0.29, 0.717) is 12.2 Å². The first-order valence-electron chi connectivity index (χ1n) is 12.1. The minimum atomic E-state index is 0.308. The normalized spacial score (nSPS) is 21.0. The van der Waals surface area contributed by atoms with Crippen LogP contribution in [0.3, 0.4) is 0 Å². The van der Waals surface area contributed by atoms with Gasteiger partial charge in [0.25, 0.3) is 0 Å². The van der Waals surface area contributed by atoms with Crippen molar-refractivity contribution in [1.82, 2.24) is 14.8 Å². The van der Waals surface area contributed by atoms with Crippen LogP contribution in [-0.4, -0.2) is 67.0 Å². The molecule has 6 heteroatoms. The van der Waals surface area contributed by atoms with Crippen LogP contribution in [0.1, 0.15) is 45.4 Å². The maximum Gasteiger partial charge on any atom is 0.193 e. The number of likely N-dealkylation sites (tertiary alicyclic amines) is 1.